The number of imidazole rings is 2. The van der Waals surface area contributed by atoms with E-state index in [2.05, 4.69) is 33.3 Å². The Morgan fingerprint density at radius 3 is 2.44 bits per heavy atom. The summed E-state index contributed by atoms with van der Waals surface area (Å²) in [5, 5.41) is 0. The Kier molecular flexibility index (Phi) is 4.23. The van der Waals surface area contributed by atoms with Crippen molar-refractivity contribution >= 4 is 16.9 Å². The molecular weight excluding hydrogens is 348 g/mol. The third kappa shape index (κ3) is 2.81. The number of aryl methyl sites for hydroxylation is 2. The van der Waals surface area contributed by atoms with Crippen molar-refractivity contribution in [3.05, 3.63) is 32.2 Å². The third-order valence-electron chi connectivity index (χ3n) is 5.54. The highest BCUT2D eigenvalue weighted by atomic mass is 16.5. The van der Waals surface area contributed by atoms with E-state index in [1.807, 2.05) is 18.2 Å². The van der Waals surface area contributed by atoms with Gasteiger partial charge in [-0.25, -0.2) is 4.79 Å². The Bertz CT molecular complexity index is 1120. The summed E-state index contributed by atoms with van der Waals surface area (Å²) in [6.07, 6.45) is 0.451. The second-order valence-electron chi connectivity index (χ2n) is 7.58. The van der Waals surface area contributed by atoms with Crippen molar-refractivity contribution < 1.29 is 4.74 Å². The second-order valence-corrected chi connectivity index (χ2v) is 7.58. The van der Waals surface area contributed by atoms with Gasteiger partial charge in [0.1, 0.15) is 0 Å². The van der Waals surface area contributed by atoms with Crippen LogP contribution in [-0.4, -0.2) is 60.2 Å². The summed E-state index contributed by atoms with van der Waals surface area (Å²) in [6.45, 7) is 11.7. The summed E-state index contributed by atoms with van der Waals surface area (Å²) in [7, 11) is 1.62. The normalized spacial score (nSPS) is 21.5. The first-order valence-electron chi connectivity index (χ1n) is 9.33. The molecule has 0 aliphatic carbocycles. The summed E-state index contributed by atoms with van der Waals surface area (Å²) < 4.78 is 11.2. The summed E-state index contributed by atoms with van der Waals surface area (Å²) in [5.41, 5.74) is 1.99. The molecule has 4 heterocycles. The molecule has 4 rings (SSSR count). The highest BCUT2D eigenvalue weighted by molar-refractivity contribution is 5.76. The van der Waals surface area contributed by atoms with E-state index in [9.17, 15) is 9.59 Å². The van der Waals surface area contributed by atoms with E-state index in [0.29, 0.717) is 16.9 Å². The minimum absolute atomic E-state index is 0.225. The van der Waals surface area contributed by atoms with Crippen molar-refractivity contribution in [2.75, 3.05) is 19.6 Å². The van der Waals surface area contributed by atoms with Gasteiger partial charge in [0.25, 0.3) is 5.56 Å². The molecule has 0 bridgehead atoms. The van der Waals surface area contributed by atoms with Gasteiger partial charge >= 0.3 is 5.69 Å². The van der Waals surface area contributed by atoms with Crippen LogP contribution in [0.2, 0.25) is 0 Å². The van der Waals surface area contributed by atoms with Crippen LogP contribution in [0.25, 0.3) is 16.9 Å². The molecule has 0 unspecified atom stereocenters. The lowest BCUT2D eigenvalue weighted by atomic mass is 10.2. The average Bonchev–Trinajstić information content (AvgIpc) is 3.08. The van der Waals surface area contributed by atoms with Crippen LogP contribution in [0, 0.1) is 13.8 Å². The van der Waals surface area contributed by atoms with Crippen molar-refractivity contribution in [3.63, 3.8) is 0 Å². The molecule has 1 aliphatic heterocycles. The zero-order valence-electron chi connectivity index (χ0n) is 16.4. The van der Waals surface area contributed by atoms with Crippen LogP contribution in [0.1, 0.15) is 25.2 Å². The molecule has 0 aromatic carbocycles. The Labute approximate surface area is 156 Å². The SMILES string of the molecule is Cc1c(C)n2c3c(=O)[nH]c(=O)n(C)c3nc2n1CCN1C[C@@H](C)O[C@@H](C)C1. The molecule has 1 saturated heterocycles. The first-order valence-corrected chi connectivity index (χ1v) is 9.33. The Morgan fingerprint density at radius 2 is 1.78 bits per heavy atom. The topological polar surface area (TPSA) is 89.6 Å². The zero-order chi connectivity index (χ0) is 19.5. The third-order valence-corrected chi connectivity index (χ3v) is 5.54. The number of hydrogen-bond donors (Lipinski definition) is 1. The zero-order valence-corrected chi connectivity index (χ0v) is 16.4. The Balaban J connectivity index is 1.77. The predicted octanol–water partition coefficient (Wildman–Crippen LogP) is 0.402. The Hall–Kier alpha value is -2.39. The number of aromatic amines is 1. The fourth-order valence-electron chi connectivity index (χ4n) is 4.15. The molecule has 27 heavy (non-hydrogen) atoms. The van der Waals surface area contributed by atoms with E-state index in [1.165, 1.54) is 4.57 Å². The van der Waals surface area contributed by atoms with Gasteiger partial charge in [-0.05, 0) is 27.7 Å². The van der Waals surface area contributed by atoms with Crippen LogP contribution >= 0.6 is 0 Å². The molecule has 0 radical (unpaired) electrons. The summed E-state index contributed by atoms with van der Waals surface area (Å²) in [6, 6.07) is 0. The Morgan fingerprint density at radius 1 is 1.11 bits per heavy atom. The van der Waals surface area contributed by atoms with E-state index in [4.69, 9.17) is 4.74 Å². The van der Waals surface area contributed by atoms with Crippen molar-refractivity contribution in [3.8, 4) is 0 Å². The number of morpholine rings is 1. The van der Waals surface area contributed by atoms with Crippen LogP contribution in [-0.2, 0) is 18.3 Å². The van der Waals surface area contributed by atoms with Gasteiger partial charge in [-0.1, -0.05) is 0 Å². The molecule has 9 heteroatoms. The maximum atomic E-state index is 12.4. The van der Waals surface area contributed by atoms with E-state index in [-0.39, 0.29) is 12.2 Å². The van der Waals surface area contributed by atoms with E-state index in [1.54, 1.807) is 7.05 Å². The number of fused-ring (bicyclic) bond motifs is 3. The van der Waals surface area contributed by atoms with Gasteiger partial charge in [-0.2, -0.15) is 4.98 Å². The number of hydrogen-bond acceptors (Lipinski definition) is 5. The first-order chi connectivity index (χ1) is 12.8. The van der Waals surface area contributed by atoms with Gasteiger partial charge < -0.3 is 9.30 Å². The molecular formula is C18H26N6O3. The quantitative estimate of drug-likeness (QED) is 0.717. The maximum absolute atomic E-state index is 12.4. The molecule has 2 atom stereocenters. The summed E-state index contributed by atoms with van der Waals surface area (Å²) >= 11 is 0. The van der Waals surface area contributed by atoms with Crippen LogP contribution in [0.4, 0.5) is 0 Å². The highest BCUT2D eigenvalue weighted by Crippen LogP contribution is 2.20. The molecule has 3 aromatic rings. The van der Waals surface area contributed by atoms with E-state index >= 15 is 0 Å². The monoisotopic (exact) mass is 374 g/mol. The van der Waals surface area contributed by atoms with Crippen molar-refractivity contribution in [2.45, 2.75) is 46.4 Å². The van der Waals surface area contributed by atoms with Gasteiger partial charge in [0.05, 0.1) is 12.2 Å². The number of H-pyrrole nitrogens is 1. The number of aromatic nitrogens is 5. The van der Waals surface area contributed by atoms with Gasteiger partial charge in [0.2, 0.25) is 5.78 Å². The lowest BCUT2D eigenvalue weighted by Crippen LogP contribution is -2.46. The number of nitrogens with zero attached hydrogens (tertiary/aromatic N) is 5. The fourth-order valence-corrected chi connectivity index (χ4v) is 4.15. The van der Waals surface area contributed by atoms with Gasteiger partial charge in [-0.15, -0.1) is 0 Å². The first kappa shape index (κ1) is 18.0. The maximum Gasteiger partial charge on any atom is 0.329 e. The standard InChI is InChI=1S/C18H26N6O3/c1-10-8-22(9-11(2)27-10)6-7-23-12(3)13(4)24-14-15(19-17(23)24)21(5)18(26)20-16(14)25/h10-11H,6-9H2,1-5H3,(H,20,25,26)/t10-,11+. The minimum atomic E-state index is -0.453. The van der Waals surface area contributed by atoms with E-state index < -0.39 is 11.2 Å². The van der Waals surface area contributed by atoms with Crippen LogP contribution in [0.3, 0.4) is 0 Å². The average molecular weight is 374 g/mol. The largest absolute Gasteiger partial charge is 0.373 e. The smallest absolute Gasteiger partial charge is 0.329 e. The molecule has 1 aliphatic rings. The molecule has 146 valence electrons. The minimum Gasteiger partial charge on any atom is -0.373 e. The number of ether oxygens (including phenoxy) is 1. The molecule has 1 fully saturated rings. The predicted molar refractivity (Wildman–Crippen MR) is 102 cm³/mol. The molecule has 9 nitrogen and oxygen atoms in total. The van der Waals surface area contributed by atoms with E-state index in [0.717, 1.165) is 37.6 Å². The fraction of sp³-hybridized carbons (Fsp3) is 0.611. The van der Waals surface area contributed by atoms with Crippen molar-refractivity contribution in [1.29, 1.82) is 0 Å². The van der Waals surface area contributed by atoms with Crippen molar-refractivity contribution in [2.24, 2.45) is 7.05 Å². The van der Waals surface area contributed by atoms with Crippen LogP contribution in [0.15, 0.2) is 9.59 Å². The molecule has 0 spiro atoms. The lowest BCUT2D eigenvalue weighted by Gasteiger charge is -2.35. The van der Waals surface area contributed by atoms with Crippen molar-refractivity contribution in [1.82, 2.24) is 28.4 Å². The van der Waals surface area contributed by atoms with Gasteiger partial charge in [0, 0.05) is 44.6 Å². The molecule has 1 N–H and O–H groups in total. The molecule has 3 aromatic heterocycles. The highest BCUT2D eigenvalue weighted by Gasteiger charge is 2.24. The lowest BCUT2D eigenvalue weighted by molar-refractivity contribution is -0.0685. The van der Waals surface area contributed by atoms with Gasteiger partial charge in [-0.3, -0.25) is 23.6 Å². The van der Waals surface area contributed by atoms with Gasteiger partial charge in [0.15, 0.2) is 11.2 Å². The second kappa shape index (κ2) is 6.35. The molecule has 0 saturated carbocycles. The van der Waals surface area contributed by atoms with Crippen LogP contribution in [0.5, 0.6) is 0 Å². The summed E-state index contributed by atoms with van der Waals surface area (Å²) in [5.74, 6) is 0.695. The molecule has 0 amide bonds. The number of nitrogens with one attached hydrogen (secondary N) is 1. The number of rotatable bonds is 3. The summed E-state index contributed by atoms with van der Waals surface area (Å²) in [4.78, 5) is 33.7. The van der Waals surface area contributed by atoms with Crippen LogP contribution < -0.4 is 11.2 Å².